The molecule has 5 heteroatoms. The normalized spacial score (nSPS) is 11.3. The van der Waals surface area contributed by atoms with Gasteiger partial charge < -0.3 is 5.32 Å². The van der Waals surface area contributed by atoms with Crippen LogP contribution in [0.1, 0.15) is 19.4 Å². The molecule has 1 aromatic carbocycles. The average Bonchev–Trinajstić information content (AvgIpc) is 2.30. The maximum absolute atomic E-state index is 10.8. The lowest BCUT2D eigenvalue weighted by atomic mass is 10.2. The molecule has 1 N–H and O–H groups in total. The summed E-state index contributed by atoms with van der Waals surface area (Å²) in [5.74, 6) is 0.618. The van der Waals surface area contributed by atoms with Crippen molar-refractivity contribution in [3.05, 3.63) is 44.4 Å². The third-order valence-electron chi connectivity index (χ3n) is 2.29. The van der Waals surface area contributed by atoms with Crippen molar-refractivity contribution in [1.82, 2.24) is 5.32 Å². The molecule has 0 aliphatic heterocycles. The standard InChI is InChI=1S/C13H17BrN2O2/c1-10(2)9-15-7-3-4-11-5-6-12(14)13(8-11)16(17)18/h3-6,8,10,15H,7,9H2,1-2H3. The van der Waals surface area contributed by atoms with Crippen LogP contribution in [0.5, 0.6) is 0 Å². The fraction of sp³-hybridized carbons (Fsp3) is 0.385. The molecule has 1 aromatic rings. The van der Waals surface area contributed by atoms with E-state index in [0.717, 1.165) is 18.7 Å². The Balaban J connectivity index is 2.59. The first kappa shape index (κ1) is 14.9. The largest absolute Gasteiger partial charge is 0.313 e. The van der Waals surface area contributed by atoms with Gasteiger partial charge in [0.05, 0.1) is 9.40 Å². The molecule has 0 unspecified atom stereocenters. The van der Waals surface area contributed by atoms with Crippen LogP contribution in [-0.2, 0) is 0 Å². The van der Waals surface area contributed by atoms with Crippen molar-refractivity contribution in [1.29, 1.82) is 0 Å². The van der Waals surface area contributed by atoms with Gasteiger partial charge in [0.1, 0.15) is 0 Å². The summed E-state index contributed by atoms with van der Waals surface area (Å²) in [6, 6.07) is 5.10. The lowest BCUT2D eigenvalue weighted by Gasteiger charge is -2.03. The van der Waals surface area contributed by atoms with E-state index in [1.54, 1.807) is 12.1 Å². The lowest BCUT2D eigenvalue weighted by molar-refractivity contribution is -0.385. The second-order valence-electron chi connectivity index (χ2n) is 4.42. The first-order valence-corrected chi connectivity index (χ1v) is 6.61. The van der Waals surface area contributed by atoms with E-state index in [1.807, 2.05) is 18.2 Å². The number of hydrogen-bond donors (Lipinski definition) is 1. The van der Waals surface area contributed by atoms with Crippen molar-refractivity contribution in [2.24, 2.45) is 5.92 Å². The molecule has 18 heavy (non-hydrogen) atoms. The molecule has 0 aromatic heterocycles. The second kappa shape index (κ2) is 7.28. The Bertz CT molecular complexity index is 445. The topological polar surface area (TPSA) is 55.2 Å². The van der Waals surface area contributed by atoms with E-state index in [2.05, 4.69) is 35.1 Å². The van der Waals surface area contributed by atoms with Gasteiger partial charge in [0.2, 0.25) is 0 Å². The van der Waals surface area contributed by atoms with E-state index in [4.69, 9.17) is 0 Å². The van der Waals surface area contributed by atoms with Crippen molar-refractivity contribution in [3.63, 3.8) is 0 Å². The minimum Gasteiger partial charge on any atom is -0.313 e. The van der Waals surface area contributed by atoms with Crippen LogP contribution in [-0.4, -0.2) is 18.0 Å². The van der Waals surface area contributed by atoms with E-state index in [0.29, 0.717) is 10.4 Å². The fourth-order valence-corrected chi connectivity index (χ4v) is 1.82. The zero-order valence-corrected chi connectivity index (χ0v) is 12.1. The number of nitro benzene ring substituents is 1. The quantitative estimate of drug-likeness (QED) is 0.496. The number of hydrogen-bond acceptors (Lipinski definition) is 3. The van der Waals surface area contributed by atoms with E-state index < -0.39 is 4.92 Å². The summed E-state index contributed by atoms with van der Waals surface area (Å²) in [6.07, 6.45) is 3.85. The molecule has 4 nitrogen and oxygen atoms in total. The van der Waals surface area contributed by atoms with Gasteiger partial charge in [0, 0.05) is 12.6 Å². The number of halogens is 1. The summed E-state index contributed by atoms with van der Waals surface area (Å²) < 4.78 is 0.502. The highest BCUT2D eigenvalue weighted by Gasteiger charge is 2.10. The van der Waals surface area contributed by atoms with Crippen LogP contribution in [0.25, 0.3) is 6.08 Å². The molecule has 0 amide bonds. The summed E-state index contributed by atoms with van der Waals surface area (Å²) in [5.41, 5.74) is 0.920. The lowest BCUT2D eigenvalue weighted by Crippen LogP contribution is -2.19. The van der Waals surface area contributed by atoms with Crippen LogP contribution in [0.3, 0.4) is 0 Å². The van der Waals surface area contributed by atoms with Gasteiger partial charge in [0.15, 0.2) is 0 Å². The van der Waals surface area contributed by atoms with Gasteiger partial charge in [-0.25, -0.2) is 0 Å². The van der Waals surface area contributed by atoms with Gasteiger partial charge in [-0.2, -0.15) is 0 Å². The van der Waals surface area contributed by atoms with Gasteiger partial charge >= 0.3 is 0 Å². The molecule has 0 aliphatic rings. The zero-order valence-electron chi connectivity index (χ0n) is 10.5. The number of rotatable bonds is 6. The van der Waals surface area contributed by atoms with E-state index >= 15 is 0 Å². The number of nitrogens with zero attached hydrogens (tertiary/aromatic N) is 1. The van der Waals surface area contributed by atoms with Crippen LogP contribution < -0.4 is 5.32 Å². The Hall–Kier alpha value is -1.20. The molecule has 0 heterocycles. The van der Waals surface area contributed by atoms with Crippen molar-refractivity contribution < 1.29 is 4.92 Å². The Kier molecular flexibility index (Phi) is 6.01. The summed E-state index contributed by atoms with van der Waals surface area (Å²) in [7, 11) is 0. The van der Waals surface area contributed by atoms with Gasteiger partial charge in [-0.3, -0.25) is 10.1 Å². The predicted molar refractivity (Wildman–Crippen MR) is 77.5 cm³/mol. The maximum atomic E-state index is 10.8. The van der Waals surface area contributed by atoms with Crippen molar-refractivity contribution >= 4 is 27.7 Å². The molecule has 0 radical (unpaired) electrons. The number of nitro groups is 1. The van der Waals surface area contributed by atoms with Crippen molar-refractivity contribution in [3.8, 4) is 0 Å². The second-order valence-corrected chi connectivity index (χ2v) is 5.28. The summed E-state index contributed by atoms with van der Waals surface area (Å²) in [4.78, 5) is 10.4. The van der Waals surface area contributed by atoms with Gasteiger partial charge in [0.25, 0.3) is 5.69 Å². The fourth-order valence-electron chi connectivity index (χ4n) is 1.42. The highest BCUT2D eigenvalue weighted by molar-refractivity contribution is 9.10. The molecular formula is C13H17BrN2O2. The molecular weight excluding hydrogens is 296 g/mol. The van der Waals surface area contributed by atoms with Crippen LogP contribution in [0.4, 0.5) is 5.69 Å². The molecule has 98 valence electrons. The van der Waals surface area contributed by atoms with Crippen LogP contribution >= 0.6 is 15.9 Å². The van der Waals surface area contributed by atoms with Crippen LogP contribution in [0, 0.1) is 16.0 Å². The van der Waals surface area contributed by atoms with E-state index in [-0.39, 0.29) is 5.69 Å². The number of nitrogens with one attached hydrogen (secondary N) is 1. The van der Waals surface area contributed by atoms with E-state index in [1.165, 1.54) is 0 Å². The SMILES string of the molecule is CC(C)CNCC=Cc1ccc(Br)c([N+](=O)[O-])c1. The minimum absolute atomic E-state index is 0.0901. The Morgan fingerprint density at radius 3 is 2.83 bits per heavy atom. The highest BCUT2D eigenvalue weighted by atomic mass is 79.9. The molecule has 0 fully saturated rings. The van der Waals surface area contributed by atoms with E-state index in [9.17, 15) is 10.1 Å². The third kappa shape index (κ3) is 4.98. The minimum atomic E-state index is -0.390. The van der Waals surface area contributed by atoms with Gasteiger partial charge in [-0.1, -0.05) is 32.1 Å². The molecule has 0 bridgehead atoms. The Morgan fingerprint density at radius 2 is 2.22 bits per heavy atom. The van der Waals surface area contributed by atoms with Crippen LogP contribution in [0.15, 0.2) is 28.7 Å². The number of benzene rings is 1. The summed E-state index contributed by atoms with van der Waals surface area (Å²) >= 11 is 3.16. The molecule has 0 atom stereocenters. The maximum Gasteiger partial charge on any atom is 0.284 e. The molecule has 0 spiro atoms. The van der Waals surface area contributed by atoms with Crippen molar-refractivity contribution in [2.45, 2.75) is 13.8 Å². The van der Waals surface area contributed by atoms with Crippen LogP contribution in [0.2, 0.25) is 0 Å². The smallest absolute Gasteiger partial charge is 0.284 e. The third-order valence-corrected chi connectivity index (χ3v) is 2.96. The monoisotopic (exact) mass is 312 g/mol. The first-order valence-electron chi connectivity index (χ1n) is 5.82. The molecule has 1 rings (SSSR count). The highest BCUT2D eigenvalue weighted by Crippen LogP contribution is 2.25. The first-order chi connectivity index (χ1) is 8.50. The molecule has 0 saturated carbocycles. The van der Waals surface area contributed by atoms with Crippen molar-refractivity contribution in [2.75, 3.05) is 13.1 Å². The van der Waals surface area contributed by atoms with Gasteiger partial charge in [-0.15, -0.1) is 0 Å². The Labute approximate surface area is 115 Å². The average molecular weight is 313 g/mol. The molecule has 0 aliphatic carbocycles. The van der Waals surface area contributed by atoms with Gasteiger partial charge in [-0.05, 0) is 40.0 Å². The summed E-state index contributed by atoms with van der Waals surface area (Å²) in [6.45, 7) is 6.02. The zero-order chi connectivity index (χ0) is 13.5. The predicted octanol–water partition coefficient (Wildman–Crippen LogP) is 3.62. The Morgan fingerprint density at radius 1 is 1.50 bits per heavy atom. The summed E-state index contributed by atoms with van der Waals surface area (Å²) in [5, 5.41) is 14.0. The molecule has 0 saturated heterocycles.